The number of aryl methyl sites for hydroxylation is 1. The second kappa shape index (κ2) is 10.1. The fraction of sp³-hybridized carbons (Fsp3) is 0.286. The molecular formula is C21H23N3O6. The molecule has 2 aromatic rings. The highest BCUT2D eigenvalue weighted by molar-refractivity contribution is 6.04. The van der Waals surface area contributed by atoms with Crippen LogP contribution in [-0.4, -0.2) is 35.9 Å². The van der Waals surface area contributed by atoms with Crippen molar-refractivity contribution in [1.82, 2.24) is 5.32 Å². The smallest absolute Gasteiger partial charge is 0.345 e. The Morgan fingerprint density at radius 1 is 1.07 bits per heavy atom. The van der Waals surface area contributed by atoms with Crippen molar-refractivity contribution in [1.29, 1.82) is 0 Å². The summed E-state index contributed by atoms with van der Waals surface area (Å²) in [7, 11) is 0. The van der Waals surface area contributed by atoms with Crippen LogP contribution in [0.5, 0.6) is 0 Å². The first-order chi connectivity index (χ1) is 14.2. The van der Waals surface area contributed by atoms with Gasteiger partial charge in [-0.3, -0.25) is 19.7 Å². The van der Waals surface area contributed by atoms with Crippen molar-refractivity contribution in [3.8, 4) is 0 Å². The minimum atomic E-state index is -0.983. The van der Waals surface area contributed by atoms with Crippen LogP contribution in [0.2, 0.25) is 0 Å². The molecule has 0 aromatic heterocycles. The molecule has 0 spiro atoms. The molecule has 158 valence electrons. The minimum Gasteiger partial charge on any atom is -0.452 e. The zero-order chi connectivity index (χ0) is 22.3. The summed E-state index contributed by atoms with van der Waals surface area (Å²) >= 11 is 0. The van der Waals surface area contributed by atoms with Crippen molar-refractivity contribution in [2.45, 2.75) is 20.8 Å². The van der Waals surface area contributed by atoms with Gasteiger partial charge in [-0.1, -0.05) is 38.1 Å². The van der Waals surface area contributed by atoms with E-state index in [1.54, 1.807) is 24.3 Å². The van der Waals surface area contributed by atoms with E-state index in [0.717, 1.165) is 0 Å². The van der Waals surface area contributed by atoms with Gasteiger partial charge in [-0.25, -0.2) is 4.79 Å². The molecule has 0 heterocycles. The molecular weight excluding hydrogens is 390 g/mol. The van der Waals surface area contributed by atoms with Crippen LogP contribution in [0.1, 0.15) is 40.1 Å². The zero-order valence-electron chi connectivity index (χ0n) is 16.9. The Morgan fingerprint density at radius 2 is 1.73 bits per heavy atom. The van der Waals surface area contributed by atoms with Gasteiger partial charge in [0.15, 0.2) is 6.61 Å². The van der Waals surface area contributed by atoms with Gasteiger partial charge in [-0.15, -0.1) is 0 Å². The topological polar surface area (TPSA) is 128 Å². The molecule has 0 aliphatic rings. The van der Waals surface area contributed by atoms with E-state index in [2.05, 4.69) is 10.6 Å². The van der Waals surface area contributed by atoms with E-state index in [9.17, 15) is 24.5 Å². The Labute approximate surface area is 173 Å². The molecule has 2 N–H and O–H groups in total. The minimum absolute atomic E-state index is 0.235. The molecule has 0 fully saturated rings. The highest BCUT2D eigenvalue weighted by Gasteiger charge is 2.24. The SMILES string of the molecule is Cc1cccc(C(=O)OCC(=O)Nc2ccccc2C(=O)NCC(C)C)c1[N+](=O)[O-]. The Morgan fingerprint density at radius 3 is 2.40 bits per heavy atom. The number of hydrogen-bond donors (Lipinski definition) is 2. The molecule has 0 saturated heterocycles. The second-order valence-electron chi connectivity index (χ2n) is 7.00. The van der Waals surface area contributed by atoms with Crippen molar-refractivity contribution in [3.05, 3.63) is 69.3 Å². The highest BCUT2D eigenvalue weighted by atomic mass is 16.6. The first-order valence-corrected chi connectivity index (χ1v) is 9.29. The summed E-state index contributed by atoms with van der Waals surface area (Å²) in [6.07, 6.45) is 0. The van der Waals surface area contributed by atoms with Crippen LogP contribution in [0, 0.1) is 23.0 Å². The average molecular weight is 413 g/mol. The summed E-state index contributed by atoms with van der Waals surface area (Å²) < 4.78 is 4.93. The molecule has 0 aliphatic carbocycles. The van der Waals surface area contributed by atoms with Crippen LogP contribution >= 0.6 is 0 Å². The number of carbonyl (C=O) groups is 3. The number of para-hydroxylation sites is 2. The third kappa shape index (κ3) is 5.87. The quantitative estimate of drug-likeness (QED) is 0.389. The lowest BCUT2D eigenvalue weighted by Crippen LogP contribution is -2.29. The third-order valence-corrected chi connectivity index (χ3v) is 4.09. The van der Waals surface area contributed by atoms with Gasteiger partial charge in [0.1, 0.15) is 5.56 Å². The molecule has 0 aliphatic heterocycles. The lowest BCUT2D eigenvalue weighted by molar-refractivity contribution is -0.385. The predicted octanol–water partition coefficient (Wildman–Crippen LogP) is 3.08. The number of nitrogens with one attached hydrogen (secondary N) is 2. The highest BCUT2D eigenvalue weighted by Crippen LogP contribution is 2.23. The second-order valence-corrected chi connectivity index (χ2v) is 7.00. The van der Waals surface area contributed by atoms with E-state index in [-0.39, 0.29) is 34.3 Å². The fourth-order valence-electron chi connectivity index (χ4n) is 2.64. The maximum atomic E-state index is 12.3. The maximum absolute atomic E-state index is 12.3. The van der Waals surface area contributed by atoms with Crippen molar-refractivity contribution in [2.75, 3.05) is 18.5 Å². The number of nitrogens with zero attached hydrogens (tertiary/aromatic N) is 1. The van der Waals surface area contributed by atoms with Gasteiger partial charge in [-0.2, -0.15) is 0 Å². The largest absolute Gasteiger partial charge is 0.452 e. The van der Waals surface area contributed by atoms with Crippen LogP contribution in [0.3, 0.4) is 0 Å². The standard InChI is InChI=1S/C21H23N3O6/c1-13(2)11-22-20(26)15-8-4-5-10-17(15)23-18(25)12-30-21(27)16-9-6-7-14(3)19(16)24(28)29/h4-10,13H,11-12H2,1-3H3,(H,22,26)(H,23,25). The van der Waals surface area contributed by atoms with Gasteiger partial charge < -0.3 is 15.4 Å². The van der Waals surface area contributed by atoms with Gasteiger partial charge in [0.2, 0.25) is 0 Å². The van der Waals surface area contributed by atoms with Gasteiger partial charge in [-0.05, 0) is 31.0 Å². The van der Waals surface area contributed by atoms with Crippen LogP contribution in [0.25, 0.3) is 0 Å². The number of ether oxygens (including phenoxy) is 1. The number of hydrogen-bond acceptors (Lipinski definition) is 6. The molecule has 30 heavy (non-hydrogen) atoms. The number of anilines is 1. The van der Waals surface area contributed by atoms with E-state index in [1.807, 2.05) is 13.8 Å². The number of rotatable bonds is 8. The fourth-order valence-corrected chi connectivity index (χ4v) is 2.64. The van der Waals surface area contributed by atoms with Crippen molar-refractivity contribution in [2.24, 2.45) is 5.92 Å². The van der Waals surface area contributed by atoms with Crippen molar-refractivity contribution in [3.63, 3.8) is 0 Å². The summed E-state index contributed by atoms with van der Waals surface area (Å²) in [4.78, 5) is 47.3. The Bertz CT molecular complexity index is 971. The number of esters is 1. The Balaban J connectivity index is 2.04. The number of nitro benzene ring substituents is 1. The van der Waals surface area contributed by atoms with Crippen LogP contribution < -0.4 is 10.6 Å². The van der Waals surface area contributed by atoms with E-state index in [1.165, 1.54) is 25.1 Å². The molecule has 0 atom stereocenters. The first-order valence-electron chi connectivity index (χ1n) is 9.29. The van der Waals surface area contributed by atoms with Crippen LogP contribution in [0.15, 0.2) is 42.5 Å². The first kappa shape index (κ1) is 22.5. The Hall–Kier alpha value is -3.75. The van der Waals surface area contributed by atoms with Gasteiger partial charge in [0.05, 0.1) is 16.2 Å². The molecule has 0 unspecified atom stereocenters. The van der Waals surface area contributed by atoms with Crippen LogP contribution in [0.4, 0.5) is 11.4 Å². The summed E-state index contributed by atoms with van der Waals surface area (Å²) in [6.45, 7) is 5.24. The van der Waals surface area contributed by atoms with Crippen molar-refractivity contribution < 1.29 is 24.0 Å². The van der Waals surface area contributed by atoms with Gasteiger partial charge >= 0.3 is 5.97 Å². The summed E-state index contributed by atoms with van der Waals surface area (Å²) in [5, 5.41) is 16.5. The molecule has 2 rings (SSSR count). The monoisotopic (exact) mass is 413 g/mol. The number of carbonyl (C=O) groups excluding carboxylic acids is 3. The van der Waals surface area contributed by atoms with E-state index in [4.69, 9.17) is 4.74 Å². The molecule has 9 nitrogen and oxygen atoms in total. The van der Waals surface area contributed by atoms with E-state index < -0.39 is 23.4 Å². The molecule has 0 radical (unpaired) electrons. The zero-order valence-corrected chi connectivity index (χ0v) is 16.9. The third-order valence-electron chi connectivity index (χ3n) is 4.09. The normalized spacial score (nSPS) is 10.4. The van der Waals surface area contributed by atoms with Crippen molar-refractivity contribution >= 4 is 29.2 Å². The molecule has 0 bridgehead atoms. The summed E-state index contributed by atoms with van der Waals surface area (Å²) in [6, 6.07) is 10.7. The van der Waals surface area contributed by atoms with E-state index >= 15 is 0 Å². The lowest BCUT2D eigenvalue weighted by Gasteiger charge is -2.12. The molecule has 2 amide bonds. The van der Waals surface area contributed by atoms with E-state index in [0.29, 0.717) is 12.1 Å². The Kier molecular flexibility index (Phi) is 7.62. The molecule has 2 aromatic carbocycles. The number of amides is 2. The molecule has 0 saturated carbocycles. The summed E-state index contributed by atoms with van der Waals surface area (Å²) in [5.74, 6) is -1.74. The number of benzene rings is 2. The van der Waals surface area contributed by atoms with Gasteiger partial charge in [0.25, 0.3) is 17.5 Å². The van der Waals surface area contributed by atoms with Gasteiger partial charge in [0, 0.05) is 12.1 Å². The maximum Gasteiger partial charge on any atom is 0.345 e. The van der Waals surface area contributed by atoms with Crippen LogP contribution in [-0.2, 0) is 9.53 Å². The molecule has 9 heteroatoms. The predicted molar refractivity (Wildman–Crippen MR) is 110 cm³/mol. The summed E-state index contributed by atoms with van der Waals surface area (Å²) in [5.41, 5.74) is 0.241. The number of nitro groups is 1. The average Bonchev–Trinajstić information content (AvgIpc) is 2.70. The lowest BCUT2D eigenvalue weighted by atomic mass is 10.1.